The van der Waals surface area contributed by atoms with E-state index in [1.54, 1.807) is 0 Å². The van der Waals surface area contributed by atoms with Crippen molar-refractivity contribution in [1.82, 2.24) is 25.1 Å². The minimum atomic E-state index is -0.0264. The summed E-state index contributed by atoms with van der Waals surface area (Å²) in [4.78, 5) is 32.9. The Morgan fingerprint density at radius 3 is 2.79 bits per heavy atom. The number of benzene rings is 2. The highest BCUT2D eigenvalue weighted by molar-refractivity contribution is 6.01. The number of aromatic nitrogens is 2. The molecule has 0 radical (unpaired) electrons. The van der Waals surface area contributed by atoms with Crippen LogP contribution in [0.15, 0.2) is 59.0 Å². The van der Waals surface area contributed by atoms with E-state index in [4.69, 9.17) is 9.40 Å². The van der Waals surface area contributed by atoms with Crippen LogP contribution in [0.1, 0.15) is 58.0 Å². The van der Waals surface area contributed by atoms with Crippen molar-refractivity contribution < 1.29 is 14.0 Å². The monoisotopic (exact) mass is 571 g/mol. The fraction of sp³-hybridized carbons (Fsp3) is 0.343. The zero-order valence-corrected chi connectivity index (χ0v) is 24.3. The number of nitrogens with zero attached hydrogens (tertiary/aromatic N) is 3. The van der Waals surface area contributed by atoms with E-state index >= 15 is 0 Å². The van der Waals surface area contributed by atoms with Crippen LogP contribution in [-0.2, 0) is 13.1 Å². The van der Waals surface area contributed by atoms with Crippen molar-refractivity contribution in [3.63, 3.8) is 0 Å². The van der Waals surface area contributed by atoms with Gasteiger partial charge in [0.25, 0.3) is 11.8 Å². The van der Waals surface area contributed by atoms with E-state index in [-0.39, 0.29) is 18.0 Å². The molecule has 3 aromatic heterocycles. The third kappa shape index (κ3) is 3.89. The largest absolute Gasteiger partial charge is 0.454 e. The number of furan rings is 1. The lowest BCUT2D eigenvalue weighted by atomic mass is 10.0. The minimum Gasteiger partial charge on any atom is -0.454 e. The molecule has 2 aromatic carbocycles. The Balaban J connectivity index is 1.11. The molecule has 5 aromatic rings. The van der Waals surface area contributed by atoms with E-state index in [2.05, 4.69) is 47.2 Å². The Hall–Kier alpha value is -4.43. The maximum Gasteiger partial charge on any atom is 0.255 e. The Bertz CT molecular complexity index is 2000. The van der Waals surface area contributed by atoms with Gasteiger partial charge in [-0.05, 0) is 80.0 Å². The maximum atomic E-state index is 13.5. The molecule has 0 spiro atoms. The zero-order chi connectivity index (χ0) is 29.0. The second-order valence-electron chi connectivity index (χ2n) is 12.8. The van der Waals surface area contributed by atoms with Gasteiger partial charge in [0.2, 0.25) is 0 Å². The number of rotatable bonds is 6. The van der Waals surface area contributed by atoms with Crippen LogP contribution in [0.2, 0.25) is 0 Å². The number of hydrogen-bond acceptors (Lipinski definition) is 5. The lowest BCUT2D eigenvalue weighted by Gasteiger charge is -2.20. The van der Waals surface area contributed by atoms with Crippen LogP contribution in [0, 0.1) is 18.8 Å². The summed E-state index contributed by atoms with van der Waals surface area (Å²) in [5.41, 5.74) is 7.94. The van der Waals surface area contributed by atoms with Crippen LogP contribution in [0.5, 0.6) is 0 Å². The van der Waals surface area contributed by atoms with E-state index in [0.717, 1.165) is 80.9 Å². The highest BCUT2D eigenvalue weighted by Gasteiger charge is 2.54. The molecule has 8 nitrogen and oxygen atoms in total. The predicted octanol–water partition coefficient (Wildman–Crippen LogP) is 5.86. The number of pyridine rings is 1. The first kappa shape index (κ1) is 25.1. The van der Waals surface area contributed by atoms with Crippen molar-refractivity contribution in [1.29, 1.82) is 0 Å². The molecule has 0 bridgehead atoms. The third-order valence-electron chi connectivity index (χ3n) is 10.0. The molecule has 3 atom stereocenters. The molecular weight excluding hydrogens is 538 g/mol. The molecule has 216 valence electrons. The second kappa shape index (κ2) is 9.04. The Kier molecular flexibility index (Phi) is 5.27. The second-order valence-corrected chi connectivity index (χ2v) is 12.8. The number of amides is 2. The molecule has 9 rings (SSSR count). The minimum absolute atomic E-state index is 0.0264. The fourth-order valence-corrected chi connectivity index (χ4v) is 7.25. The van der Waals surface area contributed by atoms with Gasteiger partial charge in [-0.25, -0.2) is 4.98 Å². The SMILES string of the molecule is CCC1CN(C(=O)c2ccc3c(C)c(-c4cc5ccc(-c6ccc7c(c6)C(=O)NC7)nc5n4CC4CC4)oc3c2)C2NC12. The molecule has 4 aliphatic rings. The van der Waals surface area contributed by atoms with Gasteiger partial charge in [0.15, 0.2) is 5.76 Å². The van der Waals surface area contributed by atoms with Gasteiger partial charge in [-0.1, -0.05) is 25.1 Å². The molecule has 3 fully saturated rings. The molecule has 8 heteroatoms. The van der Waals surface area contributed by atoms with Crippen LogP contribution in [-0.4, -0.2) is 45.0 Å². The quantitative estimate of drug-likeness (QED) is 0.249. The standard InChI is InChI=1S/C35H33N5O3/c1-3-20-17-40(33-30(20)38-33)35(42)23-8-10-25-18(2)31(43-29(25)14-23)28-13-22-9-11-27(37-32(22)39(28)16-19-4-5-19)21-6-7-24-15-36-34(41)26(24)12-21/h6-14,19-20,30,33,38H,3-5,15-17H2,1-2H3,(H,36,41). The van der Waals surface area contributed by atoms with Gasteiger partial charge in [0.05, 0.1) is 17.6 Å². The summed E-state index contributed by atoms with van der Waals surface area (Å²) in [6, 6.07) is 18.7. The van der Waals surface area contributed by atoms with Crippen molar-refractivity contribution >= 4 is 33.8 Å². The normalized spacial score (nSPS) is 22.3. The summed E-state index contributed by atoms with van der Waals surface area (Å²) in [6.07, 6.45) is 3.68. The van der Waals surface area contributed by atoms with Gasteiger partial charge in [-0.15, -0.1) is 0 Å². The van der Waals surface area contributed by atoms with Gasteiger partial charge in [0, 0.05) is 58.7 Å². The predicted molar refractivity (Wildman–Crippen MR) is 165 cm³/mol. The molecule has 43 heavy (non-hydrogen) atoms. The van der Waals surface area contributed by atoms with Gasteiger partial charge in [-0.2, -0.15) is 0 Å². The average Bonchev–Trinajstić information content (AvgIpc) is 3.88. The molecule has 3 aliphatic heterocycles. The first-order valence-electron chi connectivity index (χ1n) is 15.5. The van der Waals surface area contributed by atoms with Crippen molar-refractivity contribution in [2.24, 2.45) is 11.8 Å². The number of likely N-dealkylation sites (tertiary alicyclic amines) is 1. The number of hydrogen-bond donors (Lipinski definition) is 2. The van der Waals surface area contributed by atoms with Crippen LogP contribution in [0.4, 0.5) is 0 Å². The highest BCUT2D eigenvalue weighted by atomic mass is 16.3. The van der Waals surface area contributed by atoms with Crippen molar-refractivity contribution in [3.8, 4) is 22.7 Å². The Labute approximate surface area is 249 Å². The summed E-state index contributed by atoms with van der Waals surface area (Å²) < 4.78 is 8.89. The van der Waals surface area contributed by atoms with E-state index in [0.29, 0.717) is 30.0 Å². The summed E-state index contributed by atoms with van der Waals surface area (Å²) in [5, 5.41) is 8.44. The van der Waals surface area contributed by atoms with Crippen LogP contribution < -0.4 is 10.6 Å². The first-order valence-corrected chi connectivity index (χ1v) is 15.5. The number of aryl methyl sites for hydroxylation is 1. The van der Waals surface area contributed by atoms with Crippen LogP contribution >= 0.6 is 0 Å². The molecule has 1 aliphatic carbocycles. The van der Waals surface area contributed by atoms with Crippen LogP contribution in [0.25, 0.3) is 44.7 Å². The average molecular weight is 572 g/mol. The summed E-state index contributed by atoms with van der Waals surface area (Å²) in [5.74, 6) is 2.02. The van der Waals surface area contributed by atoms with Gasteiger partial charge >= 0.3 is 0 Å². The molecule has 2 N–H and O–H groups in total. The van der Waals surface area contributed by atoms with E-state index in [1.807, 2.05) is 41.3 Å². The third-order valence-corrected chi connectivity index (χ3v) is 10.0. The number of fused-ring (bicyclic) bond motifs is 4. The van der Waals surface area contributed by atoms with Gasteiger partial charge in [0.1, 0.15) is 11.2 Å². The Morgan fingerprint density at radius 1 is 1.09 bits per heavy atom. The van der Waals surface area contributed by atoms with E-state index < -0.39 is 0 Å². The molecule has 2 amide bonds. The lowest BCUT2D eigenvalue weighted by molar-refractivity contribution is 0.0751. The molecule has 3 unspecified atom stereocenters. The van der Waals surface area contributed by atoms with E-state index in [1.165, 1.54) is 12.8 Å². The van der Waals surface area contributed by atoms with E-state index in [9.17, 15) is 9.59 Å². The van der Waals surface area contributed by atoms with Crippen LogP contribution in [0.3, 0.4) is 0 Å². The number of nitrogens with one attached hydrogen (secondary N) is 2. The molecular formula is C35H33N5O3. The van der Waals surface area contributed by atoms with Gasteiger partial charge < -0.3 is 19.2 Å². The lowest BCUT2D eigenvalue weighted by Crippen LogP contribution is -2.35. The maximum absolute atomic E-state index is 13.5. The Morgan fingerprint density at radius 2 is 1.98 bits per heavy atom. The highest BCUT2D eigenvalue weighted by Crippen LogP contribution is 2.41. The number of carbonyl (C=O) groups excluding carboxylic acids is 2. The molecule has 6 heterocycles. The van der Waals surface area contributed by atoms with Crippen molar-refractivity contribution in [2.45, 2.75) is 58.4 Å². The zero-order valence-electron chi connectivity index (χ0n) is 24.3. The topological polar surface area (TPSA) is 102 Å². The summed E-state index contributed by atoms with van der Waals surface area (Å²) in [6.45, 7) is 6.57. The van der Waals surface area contributed by atoms with Gasteiger partial charge in [-0.3, -0.25) is 14.9 Å². The first-order chi connectivity index (χ1) is 21.0. The summed E-state index contributed by atoms with van der Waals surface area (Å²) >= 11 is 0. The fourth-order valence-electron chi connectivity index (χ4n) is 7.25. The molecule has 1 saturated carbocycles. The molecule has 2 saturated heterocycles. The smallest absolute Gasteiger partial charge is 0.255 e. The summed E-state index contributed by atoms with van der Waals surface area (Å²) in [7, 11) is 0. The van der Waals surface area contributed by atoms with Crippen molar-refractivity contribution in [3.05, 3.63) is 76.9 Å². The number of carbonyl (C=O) groups is 2. The van der Waals surface area contributed by atoms with Crippen molar-refractivity contribution in [2.75, 3.05) is 6.54 Å².